The molecule has 62 valence electrons. The summed E-state index contributed by atoms with van der Waals surface area (Å²) in [5.41, 5.74) is 0.299. The van der Waals surface area contributed by atoms with Crippen molar-refractivity contribution in [2.45, 2.75) is 6.42 Å². The van der Waals surface area contributed by atoms with Gasteiger partial charge in [0.15, 0.2) is 11.5 Å². The second kappa shape index (κ2) is 3.01. The molecule has 1 aromatic carbocycles. The minimum Gasteiger partial charge on any atom is -0.504 e. The molecular formula is C8H7NO3. The van der Waals surface area contributed by atoms with E-state index in [9.17, 15) is 0 Å². The zero-order chi connectivity index (χ0) is 9.14. The van der Waals surface area contributed by atoms with E-state index in [0.717, 1.165) is 0 Å². The summed E-state index contributed by atoms with van der Waals surface area (Å²) >= 11 is 0. The number of phenols is 3. The van der Waals surface area contributed by atoms with E-state index in [1.165, 1.54) is 12.1 Å². The van der Waals surface area contributed by atoms with Crippen LogP contribution in [0.5, 0.6) is 17.2 Å². The van der Waals surface area contributed by atoms with Crippen LogP contribution in [0.4, 0.5) is 0 Å². The van der Waals surface area contributed by atoms with Gasteiger partial charge in [0.2, 0.25) is 5.75 Å². The van der Waals surface area contributed by atoms with Gasteiger partial charge in [0.25, 0.3) is 0 Å². The summed E-state index contributed by atoms with van der Waals surface area (Å²) in [7, 11) is 0. The quantitative estimate of drug-likeness (QED) is 0.539. The number of rotatable bonds is 1. The van der Waals surface area contributed by atoms with E-state index in [2.05, 4.69) is 0 Å². The molecule has 0 aliphatic rings. The van der Waals surface area contributed by atoms with Crippen LogP contribution in [0.3, 0.4) is 0 Å². The fraction of sp³-hybridized carbons (Fsp3) is 0.125. The van der Waals surface area contributed by atoms with Crippen LogP contribution in [-0.2, 0) is 6.42 Å². The third-order valence-corrected chi connectivity index (χ3v) is 1.48. The summed E-state index contributed by atoms with van der Waals surface area (Å²) in [5, 5.41) is 35.4. The van der Waals surface area contributed by atoms with E-state index in [4.69, 9.17) is 20.6 Å². The molecule has 0 aliphatic heterocycles. The van der Waals surface area contributed by atoms with Crippen LogP contribution in [0.1, 0.15) is 5.56 Å². The Morgan fingerprint density at radius 1 is 1.17 bits per heavy atom. The second-order valence-corrected chi connectivity index (χ2v) is 2.28. The topological polar surface area (TPSA) is 84.5 Å². The van der Waals surface area contributed by atoms with Crippen molar-refractivity contribution in [2.24, 2.45) is 0 Å². The molecule has 0 aromatic heterocycles. The molecule has 3 N–H and O–H groups in total. The first kappa shape index (κ1) is 8.21. The molecule has 0 aliphatic carbocycles. The summed E-state index contributed by atoms with van der Waals surface area (Å²) in [5.74, 6) is -1.41. The molecule has 4 heteroatoms. The van der Waals surface area contributed by atoms with Crippen LogP contribution >= 0.6 is 0 Å². The Morgan fingerprint density at radius 2 is 1.83 bits per heavy atom. The van der Waals surface area contributed by atoms with Gasteiger partial charge >= 0.3 is 0 Å². The van der Waals surface area contributed by atoms with Crippen LogP contribution in [-0.4, -0.2) is 15.3 Å². The maximum absolute atomic E-state index is 9.15. The summed E-state index contributed by atoms with van der Waals surface area (Å²) in [6, 6.07) is 4.43. The minimum absolute atomic E-state index is 0.000324. The van der Waals surface area contributed by atoms with Crippen molar-refractivity contribution in [2.75, 3.05) is 0 Å². The highest BCUT2D eigenvalue weighted by Crippen LogP contribution is 2.36. The Kier molecular flexibility index (Phi) is 2.06. The van der Waals surface area contributed by atoms with Crippen LogP contribution in [0.2, 0.25) is 0 Å². The molecular weight excluding hydrogens is 158 g/mol. The first-order valence-electron chi connectivity index (χ1n) is 3.26. The number of phenolic OH excluding ortho intramolecular Hbond substituents is 3. The average molecular weight is 165 g/mol. The first-order valence-corrected chi connectivity index (χ1v) is 3.26. The fourth-order valence-corrected chi connectivity index (χ4v) is 0.839. The monoisotopic (exact) mass is 165 g/mol. The molecule has 0 fully saturated rings. The minimum atomic E-state index is -0.581. The number of aromatic hydroxyl groups is 3. The summed E-state index contributed by atoms with van der Waals surface area (Å²) in [6.45, 7) is 0. The summed E-state index contributed by atoms with van der Waals surface area (Å²) in [6.07, 6.45) is -0.000324. The SMILES string of the molecule is N#CCc1ccc(O)c(O)c1O. The number of benzene rings is 1. The van der Waals surface area contributed by atoms with E-state index < -0.39 is 17.2 Å². The lowest BCUT2D eigenvalue weighted by molar-refractivity contribution is 0.365. The smallest absolute Gasteiger partial charge is 0.200 e. The van der Waals surface area contributed by atoms with Gasteiger partial charge in [-0.3, -0.25) is 0 Å². The maximum atomic E-state index is 9.15. The first-order chi connectivity index (χ1) is 5.66. The van der Waals surface area contributed by atoms with Crippen molar-refractivity contribution in [3.63, 3.8) is 0 Å². The Balaban J connectivity index is 3.19. The molecule has 0 bridgehead atoms. The second-order valence-electron chi connectivity index (χ2n) is 2.28. The van der Waals surface area contributed by atoms with Gasteiger partial charge in [-0.1, -0.05) is 6.07 Å². The number of hydrogen-bond acceptors (Lipinski definition) is 4. The lowest BCUT2D eigenvalue weighted by Gasteiger charge is -2.03. The third kappa shape index (κ3) is 1.25. The largest absolute Gasteiger partial charge is 0.504 e. The van der Waals surface area contributed by atoms with Crippen molar-refractivity contribution in [3.05, 3.63) is 17.7 Å². The number of nitriles is 1. The van der Waals surface area contributed by atoms with Gasteiger partial charge in [-0.05, 0) is 6.07 Å². The highest BCUT2D eigenvalue weighted by molar-refractivity contribution is 5.53. The van der Waals surface area contributed by atoms with Crippen molar-refractivity contribution in [1.29, 1.82) is 5.26 Å². The lowest BCUT2D eigenvalue weighted by Crippen LogP contribution is -1.83. The predicted octanol–water partition coefficient (Wildman–Crippen LogP) is 0.869. The fourth-order valence-electron chi connectivity index (χ4n) is 0.839. The zero-order valence-electron chi connectivity index (χ0n) is 6.15. The molecule has 4 nitrogen and oxygen atoms in total. The van der Waals surface area contributed by atoms with Gasteiger partial charge in [-0.2, -0.15) is 5.26 Å². The predicted molar refractivity (Wildman–Crippen MR) is 40.8 cm³/mol. The van der Waals surface area contributed by atoms with Crippen LogP contribution in [0.25, 0.3) is 0 Å². The van der Waals surface area contributed by atoms with Crippen LogP contribution < -0.4 is 0 Å². The zero-order valence-corrected chi connectivity index (χ0v) is 6.15. The van der Waals surface area contributed by atoms with Gasteiger partial charge in [0.1, 0.15) is 0 Å². The molecule has 1 aromatic rings. The molecule has 0 heterocycles. The molecule has 12 heavy (non-hydrogen) atoms. The normalized spacial score (nSPS) is 9.25. The van der Waals surface area contributed by atoms with E-state index in [1.54, 1.807) is 0 Å². The van der Waals surface area contributed by atoms with Gasteiger partial charge in [0, 0.05) is 5.56 Å². The molecule has 0 saturated carbocycles. The molecule has 0 saturated heterocycles. The van der Waals surface area contributed by atoms with Gasteiger partial charge in [-0.15, -0.1) is 0 Å². The van der Waals surface area contributed by atoms with Crippen LogP contribution in [0.15, 0.2) is 12.1 Å². The Labute approximate surface area is 68.9 Å². The van der Waals surface area contributed by atoms with E-state index >= 15 is 0 Å². The van der Waals surface area contributed by atoms with Crippen molar-refractivity contribution < 1.29 is 15.3 Å². The van der Waals surface area contributed by atoms with E-state index in [-0.39, 0.29) is 6.42 Å². The molecule has 0 amide bonds. The summed E-state index contributed by atoms with van der Waals surface area (Å²) in [4.78, 5) is 0. The average Bonchev–Trinajstić information content (AvgIpc) is 2.07. The van der Waals surface area contributed by atoms with Crippen LogP contribution in [0, 0.1) is 11.3 Å². The maximum Gasteiger partial charge on any atom is 0.200 e. The van der Waals surface area contributed by atoms with Crippen molar-refractivity contribution >= 4 is 0 Å². The highest BCUT2D eigenvalue weighted by atomic mass is 16.3. The lowest BCUT2D eigenvalue weighted by atomic mass is 10.1. The van der Waals surface area contributed by atoms with E-state index in [0.29, 0.717) is 5.56 Å². The Morgan fingerprint density at radius 3 is 2.42 bits per heavy atom. The molecule has 1 rings (SSSR count). The Bertz CT molecular complexity index is 341. The van der Waals surface area contributed by atoms with Gasteiger partial charge < -0.3 is 15.3 Å². The number of hydrogen-bond donors (Lipinski definition) is 3. The Hall–Kier alpha value is -1.89. The van der Waals surface area contributed by atoms with Crippen molar-refractivity contribution in [1.82, 2.24) is 0 Å². The van der Waals surface area contributed by atoms with Gasteiger partial charge in [0.05, 0.1) is 12.5 Å². The summed E-state index contributed by atoms with van der Waals surface area (Å²) < 4.78 is 0. The van der Waals surface area contributed by atoms with E-state index in [1.807, 2.05) is 6.07 Å². The third-order valence-electron chi connectivity index (χ3n) is 1.48. The highest BCUT2D eigenvalue weighted by Gasteiger charge is 2.09. The van der Waals surface area contributed by atoms with Crippen molar-refractivity contribution in [3.8, 4) is 23.3 Å². The standard InChI is InChI=1S/C8H7NO3/c9-4-3-5-1-2-6(10)8(12)7(5)11/h1-2,10-12H,3H2. The molecule has 0 spiro atoms. The molecule has 0 unspecified atom stereocenters. The number of nitrogens with zero attached hydrogens (tertiary/aromatic N) is 1. The van der Waals surface area contributed by atoms with Gasteiger partial charge in [-0.25, -0.2) is 0 Å². The molecule has 0 radical (unpaired) electrons. The molecule has 0 atom stereocenters.